The minimum Gasteiger partial charge on any atom is -0.335 e. The molecule has 0 saturated heterocycles. The predicted octanol–water partition coefficient (Wildman–Crippen LogP) is 2.01. The van der Waals surface area contributed by atoms with Crippen molar-refractivity contribution in [2.45, 2.75) is 13.3 Å². The highest BCUT2D eigenvalue weighted by Crippen LogP contribution is 2.11. The molecule has 4 heteroatoms. The van der Waals surface area contributed by atoms with E-state index in [0.29, 0.717) is 23.1 Å². The molecule has 0 atom stereocenters. The van der Waals surface area contributed by atoms with E-state index in [4.69, 9.17) is 5.84 Å². The molecule has 0 amide bonds. The van der Waals surface area contributed by atoms with E-state index in [2.05, 4.69) is 4.98 Å². The smallest absolute Gasteiger partial charge is 0.279 e. The zero-order valence-electron chi connectivity index (χ0n) is 11.2. The van der Waals surface area contributed by atoms with Gasteiger partial charge < -0.3 is 5.84 Å². The van der Waals surface area contributed by atoms with Crippen LogP contribution in [-0.4, -0.2) is 9.66 Å². The van der Waals surface area contributed by atoms with Crippen LogP contribution in [0.25, 0.3) is 10.9 Å². The summed E-state index contributed by atoms with van der Waals surface area (Å²) in [5.74, 6) is 6.44. The Kier molecular flexibility index (Phi) is 2.99. The van der Waals surface area contributed by atoms with Gasteiger partial charge in [-0.15, -0.1) is 0 Å². The molecule has 0 radical (unpaired) electrons. The second kappa shape index (κ2) is 4.81. The van der Waals surface area contributed by atoms with Crippen molar-refractivity contribution in [2.75, 3.05) is 5.84 Å². The average Bonchev–Trinajstić information content (AvgIpc) is 2.47. The molecule has 0 fully saturated rings. The first kappa shape index (κ1) is 12.4. The summed E-state index contributed by atoms with van der Waals surface area (Å²) in [5, 5.41) is 0.544. The summed E-state index contributed by atoms with van der Waals surface area (Å²) in [6.45, 7) is 2.04. The van der Waals surface area contributed by atoms with E-state index in [1.54, 1.807) is 6.07 Å². The number of fused-ring (bicyclic) bond motifs is 1. The Labute approximate surface area is 116 Å². The summed E-state index contributed by atoms with van der Waals surface area (Å²) in [6, 6.07) is 15.4. The van der Waals surface area contributed by atoms with Gasteiger partial charge in [-0.1, -0.05) is 42.0 Å². The predicted molar refractivity (Wildman–Crippen MR) is 80.1 cm³/mol. The van der Waals surface area contributed by atoms with E-state index in [0.717, 1.165) is 10.2 Å². The molecule has 100 valence electrons. The van der Waals surface area contributed by atoms with Crippen LogP contribution in [0.1, 0.15) is 17.0 Å². The quantitative estimate of drug-likeness (QED) is 0.721. The SMILES string of the molecule is Cc1ccc(Cc2nc3ccccc3c(=O)n2N)cc1. The minimum atomic E-state index is -0.210. The number of hydrogen-bond donors (Lipinski definition) is 1. The number of aromatic nitrogens is 2. The monoisotopic (exact) mass is 265 g/mol. The van der Waals surface area contributed by atoms with E-state index in [1.807, 2.05) is 49.4 Å². The number of nitrogens with zero attached hydrogens (tertiary/aromatic N) is 2. The van der Waals surface area contributed by atoms with Crippen LogP contribution in [0.15, 0.2) is 53.3 Å². The lowest BCUT2D eigenvalue weighted by atomic mass is 10.1. The lowest BCUT2D eigenvalue weighted by Crippen LogP contribution is -2.31. The molecule has 3 rings (SSSR count). The van der Waals surface area contributed by atoms with Crippen molar-refractivity contribution in [2.24, 2.45) is 0 Å². The van der Waals surface area contributed by atoms with Crippen LogP contribution in [0, 0.1) is 6.92 Å². The Morgan fingerprint density at radius 1 is 1.10 bits per heavy atom. The lowest BCUT2D eigenvalue weighted by Gasteiger charge is -2.09. The highest BCUT2D eigenvalue weighted by atomic mass is 16.1. The van der Waals surface area contributed by atoms with E-state index in [-0.39, 0.29) is 5.56 Å². The molecule has 0 aliphatic rings. The fourth-order valence-corrected chi connectivity index (χ4v) is 2.21. The lowest BCUT2D eigenvalue weighted by molar-refractivity contribution is 0.814. The van der Waals surface area contributed by atoms with Gasteiger partial charge >= 0.3 is 0 Å². The molecule has 1 aromatic heterocycles. The molecule has 0 aliphatic carbocycles. The molecule has 1 heterocycles. The largest absolute Gasteiger partial charge is 0.335 e. The van der Waals surface area contributed by atoms with Crippen molar-refractivity contribution in [3.8, 4) is 0 Å². The summed E-state index contributed by atoms with van der Waals surface area (Å²) >= 11 is 0. The van der Waals surface area contributed by atoms with Crippen molar-refractivity contribution >= 4 is 10.9 Å². The molecular weight excluding hydrogens is 250 g/mol. The zero-order valence-corrected chi connectivity index (χ0v) is 11.2. The van der Waals surface area contributed by atoms with Gasteiger partial charge in [0, 0.05) is 6.42 Å². The maximum atomic E-state index is 12.2. The van der Waals surface area contributed by atoms with E-state index in [9.17, 15) is 4.79 Å². The molecule has 0 unspecified atom stereocenters. The Bertz CT molecular complexity index is 819. The summed E-state index contributed by atoms with van der Waals surface area (Å²) < 4.78 is 1.14. The molecule has 2 N–H and O–H groups in total. The number of para-hydroxylation sites is 1. The fourth-order valence-electron chi connectivity index (χ4n) is 2.21. The summed E-state index contributed by atoms with van der Waals surface area (Å²) in [4.78, 5) is 16.7. The number of benzene rings is 2. The van der Waals surface area contributed by atoms with E-state index < -0.39 is 0 Å². The Morgan fingerprint density at radius 3 is 2.55 bits per heavy atom. The standard InChI is InChI=1S/C16H15N3O/c1-11-6-8-12(9-7-11)10-15-18-14-5-3-2-4-13(14)16(20)19(15)17/h2-9H,10,17H2,1H3. The molecule has 0 aliphatic heterocycles. The molecule has 3 aromatic rings. The van der Waals surface area contributed by atoms with Crippen LogP contribution in [0.5, 0.6) is 0 Å². The van der Waals surface area contributed by atoms with Gasteiger partial charge in [0.15, 0.2) is 0 Å². The van der Waals surface area contributed by atoms with Crippen LogP contribution in [0.3, 0.4) is 0 Å². The van der Waals surface area contributed by atoms with Gasteiger partial charge in [0.1, 0.15) is 5.82 Å². The van der Waals surface area contributed by atoms with Gasteiger partial charge in [0.05, 0.1) is 10.9 Å². The summed E-state index contributed by atoms with van der Waals surface area (Å²) in [6.07, 6.45) is 0.539. The molecular formula is C16H15N3O. The van der Waals surface area contributed by atoms with Crippen molar-refractivity contribution in [3.05, 3.63) is 75.8 Å². The van der Waals surface area contributed by atoms with Gasteiger partial charge in [-0.3, -0.25) is 4.79 Å². The summed E-state index contributed by atoms with van der Waals surface area (Å²) in [5.41, 5.74) is 2.75. The van der Waals surface area contributed by atoms with Gasteiger partial charge in [0.2, 0.25) is 0 Å². The van der Waals surface area contributed by atoms with Gasteiger partial charge in [-0.05, 0) is 24.6 Å². The van der Waals surface area contributed by atoms with Crippen LogP contribution in [0.2, 0.25) is 0 Å². The Morgan fingerprint density at radius 2 is 1.80 bits per heavy atom. The normalized spacial score (nSPS) is 10.8. The molecule has 20 heavy (non-hydrogen) atoms. The van der Waals surface area contributed by atoms with Crippen LogP contribution in [-0.2, 0) is 6.42 Å². The topological polar surface area (TPSA) is 60.9 Å². The Hall–Kier alpha value is -2.62. The van der Waals surface area contributed by atoms with Gasteiger partial charge in [-0.2, -0.15) is 0 Å². The third-order valence-corrected chi connectivity index (χ3v) is 3.36. The second-order valence-electron chi connectivity index (χ2n) is 4.88. The van der Waals surface area contributed by atoms with Crippen LogP contribution in [0.4, 0.5) is 0 Å². The fraction of sp³-hybridized carbons (Fsp3) is 0.125. The highest BCUT2D eigenvalue weighted by molar-refractivity contribution is 5.77. The van der Waals surface area contributed by atoms with Crippen LogP contribution < -0.4 is 11.4 Å². The Balaban J connectivity index is 2.10. The number of nitrogens with two attached hydrogens (primary N) is 1. The maximum absolute atomic E-state index is 12.2. The van der Waals surface area contributed by atoms with E-state index >= 15 is 0 Å². The van der Waals surface area contributed by atoms with Crippen molar-refractivity contribution < 1.29 is 0 Å². The number of aryl methyl sites for hydroxylation is 1. The minimum absolute atomic E-state index is 0.210. The average molecular weight is 265 g/mol. The third-order valence-electron chi connectivity index (χ3n) is 3.36. The van der Waals surface area contributed by atoms with Crippen molar-refractivity contribution in [1.29, 1.82) is 0 Å². The number of rotatable bonds is 2. The first-order chi connectivity index (χ1) is 9.65. The van der Waals surface area contributed by atoms with Gasteiger partial charge in [-0.25, -0.2) is 9.66 Å². The molecule has 0 saturated carbocycles. The number of hydrogen-bond acceptors (Lipinski definition) is 3. The van der Waals surface area contributed by atoms with Gasteiger partial charge in [0.25, 0.3) is 5.56 Å². The van der Waals surface area contributed by atoms with Crippen molar-refractivity contribution in [1.82, 2.24) is 9.66 Å². The first-order valence-corrected chi connectivity index (χ1v) is 6.46. The van der Waals surface area contributed by atoms with Crippen molar-refractivity contribution in [3.63, 3.8) is 0 Å². The van der Waals surface area contributed by atoms with E-state index in [1.165, 1.54) is 5.56 Å². The highest BCUT2D eigenvalue weighted by Gasteiger charge is 2.08. The molecule has 0 spiro atoms. The first-order valence-electron chi connectivity index (χ1n) is 6.46. The molecule has 2 aromatic carbocycles. The molecule has 4 nitrogen and oxygen atoms in total. The third kappa shape index (κ3) is 2.16. The summed E-state index contributed by atoms with van der Waals surface area (Å²) in [7, 11) is 0. The number of nitrogen functional groups attached to an aromatic ring is 1. The molecule has 0 bridgehead atoms. The van der Waals surface area contributed by atoms with Crippen LogP contribution >= 0.6 is 0 Å². The zero-order chi connectivity index (χ0) is 14.1. The maximum Gasteiger partial charge on any atom is 0.279 e. The second-order valence-corrected chi connectivity index (χ2v) is 4.88.